The summed E-state index contributed by atoms with van der Waals surface area (Å²) in [6, 6.07) is 18.4. The molecule has 1 N–H and O–H groups in total. The molecule has 1 unspecified atom stereocenters. The van der Waals surface area contributed by atoms with E-state index in [1.54, 1.807) is 49.6 Å². The fraction of sp³-hybridized carbons (Fsp3) is 0.290. The number of benzene rings is 2. The maximum absolute atomic E-state index is 14.1. The van der Waals surface area contributed by atoms with Gasteiger partial charge in [0, 0.05) is 25.4 Å². The summed E-state index contributed by atoms with van der Waals surface area (Å²) in [6.07, 6.45) is 3.55. The van der Waals surface area contributed by atoms with E-state index in [4.69, 9.17) is 18.6 Å². The first-order valence-corrected chi connectivity index (χ1v) is 15.5. The summed E-state index contributed by atoms with van der Waals surface area (Å²) in [5.74, 6) is 2.43. The summed E-state index contributed by atoms with van der Waals surface area (Å²) in [5.41, 5.74) is 2.26. The number of nitrogens with zero attached hydrogens (tertiary/aromatic N) is 5. The SMILES string of the molecule is COc1cccc(OC)c1-n1c(NS(=O)(=O)C(CCOCc2ccccc2)Cc2ncc(C)cn2)nnc1-c1ccc(C)o1. The van der Waals surface area contributed by atoms with Crippen LogP contribution >= 0.6 is 0 Å². The predicted molar refractivity (Wildman–Crippen MR) is 164 cm³/mol. The van der Waals surface area contributed by atoms with Gasteiger partial charge in [0.2, 0.25) is 21.8 Å². The van der Waals surface area contributed by atoms with Crippen LogP contribution in [0.25, 0.3) is 17.3 Å². The smallest absolute Gasteiger partial charge is 0.243 e. The van der Waals surface area contributed by atoms with Crippen LogP contribution in [0.4, 0.5) is 5.95 Å². The minimum Gasteiger partial charge on any atom is -0.494 e. The van der Waals surface area contributed by atoms with Crippen molar-refractivity contribution in [2.24, 2.45) is 0 Å². The number of hydrogen-bond donors (Lipinski definition) is 1. The molecule has 0 bridgehead atoms. The van der Waals surface area contributed by atoms with Crippen molar-refractivity contribution in [3.8, 4) is 28.8 Å². The predicted octanol–water partition coefficient (Wildman–Crippen LogP) is 4.91. The van der Waals surface area contributed by atoms with Crippen LogP contribution < -0.4 is 14.2 Å². The molecule has 13 heteroatoms. The number of aromatic nitrogens is 5. The first-order chi connectivity index (χ1) is 21.3. The summed E-state index contributed by atoms with van der Waals surface area (Å²) in [5, 5.41) is 7.59. The number of sulfonamides is 1. The highest BCUT2D eigenvalue weighted by molar-refractivity contribution is 7.93. The Bertz CT molecular complexity index is 1770. The molecule has 2 aromatic carbocycles. The maximum atomic E-state index is 14.1. The Hall–Kier alpha value is -4.75. The van der Waals surface area contributed by atoms with Gasteiger partial charge in [0.1, 0.15) is 28.8 Å². The molecule has 44 heavy (non-hydrogen) atoms. The van der Waals surface area contributed by atoms with Gasteiger partial charge in [0.25, 0.3) is 0 Å². The van der Waals surface area contributed by atoms with Crippen molar-refractivity contribution < 1.29 is 27.0 Å². The van der Waals surface area contributed by atoms with Gasteiger partial charge in [-0.25, -0.2) is 18.4 Å². The lowest BCUT2D eigenvalue weighted by atomic mass is 10.2. The van der Waals surface area contributed by atoms with Gasteiger partial charge in [-0.2, -0.15) is 0 Å². The van der Waals surface area contributed by atoms with Crippen molar-refractivity contribution in [3.63, 3.8) is 0 Å². The average Bonchev–Trinajstić information content (AvgIpc) is 3.64. The highest BCUT2D eigenvalue weighted by Crippen LogP contribution is 2.38. The monoisotopic (exact) mass is 618 g/mol. The Balaban J connectivity index is 1.50. The van der Waals surface area contributed by atoms with Crippen LogP contribution in [-0.4, -0.2) is 59.2 Å². The Morgan fingerprint density at radius 2 is 1.61 bits per heavy atom. The van der Waals surface area contributed by atoms with E-state index < -0.39 is 15.3 Å². The zero-order valence-corrected chi connectivity index (χ0v) is 25.7. The standard InChI is InChI=1S/C31H34N6O6S/c1-21-18-32-28(33-19-21)17-24(15-16-42-20-23-9-6-5-7-10-23)44(38,39)36-31-35-34-30(27-14-13-22(2)43-27)37(31)29-25(40-3)11-8-12-26(29)41-4/h5-14,18-19,24H,15-17,20H2,1-4H3,(H,35,36). The molecule has 5 rings (SSSR count). The van der Waals surface area contributed by atoms with E-state index >= 15 is 0 Å². The number of rotatable bonds is 14. The van der Waals surface area contributed by atoms with Crippen molar-refractivity contribution in [2.75, 3.05) is 25.5 Å². The molecule has 0 amide bonds. The van der Waals surface area contributed by atoms with Crippen molar-refractivity contribution in [2.45, 2.75) is 38.5 Å². The van der Waals surface area contributed by atoms with E-state index in [2.05, 4.69) is 24.9 Å². The number of para-hydroxylation sites is 1. The topological polar surface area (TPSA) is 143 Å². The summed E-state index contributed by atoms with van der Waals surface area (Å²) >= 11 is 0. The fourth-order valence-corrected chi connectivity index (χ4v) is 5.94. The molecule has 12 nitrogen and oxygen atoms in total. The number of nitrogens with one attached hydrogen (secondary N) is 1. The van der Waals surface area contributed by atoms with Gasteiger partial charge in [-0.05, 0) is 55.7 Å². The van der Waals surface area contributed by atoms with Crippen LogP contribution in [0.5, 0.6) is 11.5 Å². The van der Waals surface area contributed by atoms with E-state index in [1.807, 2.05) is 37.3 Å². The van der Waals surface area contributed by atoms with Crippen molar-refractivity contribution >= 4 is 16.0 Å². The second-order valence-corrected chi connectivity index (χ2v) is 12.0. The van der Waals surface area contributed by atoms with Gasteiger partial charge < -0.3 is 18.6 Å². The van der Waals surface area contributed by atoms with E-state index in [9.17, 15) is 8.42 Å². The number of aryl methyl sites for hydroxylation is 2. The number of anilines is 1. The molecule has 1 atom stereocenters. The molecule has 0 aliphatic rings. The Morgan fingerprint density at radius 3 is 2.25 bits per heavy atom. The number of furan rings is 1. The minimum atomic E-state index is -4.11. The van der Waals surface area contributed by atoms with Crippen molar-refractivity contribution in [3.05, 3.63) is 95.8 Å². The molecule has 230 valence electrons. The lowest BCUT2D eigenvalue weighted by molar-refractivity contribution is 0.117. The fourth-order valence-electron chi connectivity index (χ4n) is 4.61. The minimum absolute atomic E-state index is 0.0562. The number of ether oxygens (including phenoxy) is 3. The van der Waals surface area contributed by atoms with Crippen LogP contribution in [0.1, 0.15) is 29.1 Å². The second kappa shape index (κ2) is 13.7. The Morgan fingerprint density at radius 1 is 0.909 bits per heavy atom. The number of methoxy groups -OCH3 is 2. The van der Waals surface area contributed by atoms with Gasteiger partial charge in [0.15, 0.2) is 5.76 Å². The summed E-state index contributed by atoms with van der Waals surface area (Å²) < 4.78 is 55.3. The third-order valence-electron chi connectivity index (χ3n) is 6.86. The molecule has 0 aliphatic carbocycles. The second-order valence-electron chi connectivity index (χ2n) is 10.1. The van der Waals surface area contributed by atoms with Gasteiger partial charge in [-0.15, -0.1) is 10.2 Å². The summed E-state index contributed by atoms with van der Waals surface area (Å²) in [4.78, 5) is 8.70. The highest BCUT2D eigenvalue weighted by atomic mass is 32.2. The normalized spacial score (nSPS) is 12.2. The van der Waals surface area contributed by atoms with Crippen molar-refractivity contribution in [1.29, 1.82) is 0 Å². The first kappa shape index (κ1) is 30.7. The quantitative estimate of drug-likeness (QED) is 0.171. The van der Waals surface area contributed by atoms with Gasteiger partial charge in [-0.3, -0.25) is 9.29 Å². The van der Waals surface area contributed by atoms with Crippen LogP contribution in [0.3, 0.4) is 0 Å². The first-order valence-electron chi connectivity index (χ1n) is 13.9. The molecule has 0 spiro atoms. The Labute approximate surface area is 256 Å². The third-order valence-corrected chi connectivity index (χ3v) is 8.61. The zero-order valence-electron chi connectivity index (χ0n) is 24.9. The van der Waals surface area contributed by atoms with Gasteiger partial charge in [0.05, 0.1) is 26.1 Å². The van der Waals surface area contributed by atoms with E-state index in [0.29, 0.717) is 41.1 Å². The molecule has 0 saturated heterocycles. The van der Waals surface area contributed by atoms with Crippen LogP contribution in [0.15, 0.2) is 77.5 Å². The lowest BCUT2D eigenvalue weighted by Gasteiger charge is -2.20. The van der Waals surface area contributed by atoms with Crippen molar-refractivity contribution in [1.82, 2.24) is 24.7 Å². The van der Waals surface area contributed by atoms with E-state index in [1.165, 1.54) is 18.8 Å². The highest BCUT2D eigenvalue weighted by Gasteiger charge is 2.31. The molecule has 3 heterocycles. The molecular formula is C31H34N6O6S. The lowest BCUT2D eigenvalue weighted by Crippen LogP contribution is -2.32. The van der Waals surface area contributed by atoms with Gasteiger partial charge in [-0.1, -0.05) is 36.4 Å². The molecule has 3 aromatic heterocycles. The molecular weight excluding hydrogens is 584 g/mol. The molecule has 5 aromatic rings. The molecule has 0 aliphatic heterocycles. The molecule has 0 radical (unpaired) electrons. The number of hydrogen-bond acceptors (Lipinski definition) is 10. The van der Waals surface area contributed by atoms with Crippen LogP contribution in [0, 0.1) is 13.8 Å². The molecule has 0 fully saturated rings. The summed E-state index contributed by atoms with van der Waals surface area (Å²) in [7, 11) is -1.09. The third kappa shape index (κ3) is 7.06. The van der Waals surface area contributed by atoms with E-state index in [0.717, 1.165) is 11.1 Å². The zero-order chi connectivity index (χ0) is 31.1. The average molecular weight is 619 g/mol. The van der Waals surface area contributed by atoms with Crippen LogP contribution in [0.2, 0.25) is 0 Å². The molecule has 0 saturated carbocycles. The van der Waals surface area contributed by atoms with Gasteiger partial charge >= 0.3 is 0 Å². The largest absolute Gasteiger partial charge is 0.494 e. The maximum Gasteiger partial charge on any atom is 0.243 e. The Kier molecular flexibility index (Phi) is 9.56. The van der Waals surface area contributed by atoms with Crippen LogP contribution in [-0.2, 0) is 27.8 Å². The summed E-state index contributed by atoms with van der Waals surface area (Å²) in [6.45, 7) is 4.22. The van der Waals surface area contributed by atoms with E-state index in [-0.39, 0.29) is 31.2 Å².